The zero-order valence-corrected chi connectivity index (χ0v) is 14.0. The molecule has 1 aromatic rings. The third kappa shape index (κ3) is 3.22. The van der Waals surface area contributed by atoms with Crippen molar-refractivity contribution in [3.8, 4) is 0 Å². The molecule has 1 aromatic carbocycles. The van der Waals surface area contributed by atoms with Gasteiger partial charge >= 0.3 is 0 Å². The molecule has 0 fully saturated rings. The van der Waals surface area contributed by atoms with E-state index in [0.717, 1.165) is 24.3 Å². The molecule has 0 atom stereocenters. The summed E-state index contributed by atoms with van der Waals surface area (Å²) in [5.41, 5.74) is 4.09. The van der Waals surface area contributed by atoms with E-state index in [1.165, 1.54) is 30.4 Å². The molecule has 1 aliphatic rings. The summed E-state index contributed by atoms with van der Waals surface area (Å²) < 4.78 is 0. The van der Waals surface area contributed by atoms with E-state index in [1.54, 1.807) is 0 Å². The molecule has 116 valence electrons. The number of carbonyl (C=O) groups is 1. The van der Waals surface area contributed by atoms with Crippen LogP contribution in [-0.4, -0.2) is 18.0 Å². The normalized spacial score (nSPS) is 16.6. The number of hydrogen-bond donors (Lipinski definition) is 1. The first-order valence-corrected chi connectivity index (χ1v) is 8.08. The summed E-state index contributed by atoms with van der Waals surface area (Å²) in [6.45, 7) is 11.2. The van der Waals surface area contributed by atoms with Crippen LogP contribution in [0.3, 0.4) is 0 Å². The number of fused-ring (bicyclic) bond motifs is 1. The third-order valence-electron chi connectivity index (χ3n) is 4.37. The van der Waals surface area contributed by atoms with E-state index in [0.29, 0.717) is 0 Å². The van der Waals surface area contributed by atoms with Crippen molar-refractivity contribution in [3.05, 3.63) is 23.3 Å². The maximum atomic E-state index is 12.7. The minimum atomic E-state index is -0.528. The fourth-order valence-corrected chi connectivity index (χ4v) is 2.88. The minimum Gasteiger partial charge on any atom is -0.370 e. The van der Waals surface area contributed by atoms with Crippen LogP contribution in [0.4, 0.5) is 11.4 Å². The summed E-state index contributed by atoms with van der Waals surface area (Å²) in [6, 6.07) is 4.31. The molecule has 0 unspecified atom stereocenters. The number of aryl methyl sites for hydroxylation is 2. The van der Waals surface area contributed by atoms with Gasteiger partial charge in [0.2, 0.25) is 0 Å². The van der Waals surface area contributed by atoms with Crippen LogP contribution in [-0.2, 0) is 4.79 Å². The van der Waals surface area contributed by atoms with Gasteiger partial charge in [-0.25, -0.2) is 0 Å². The fourth-order valence-electron chi connectivity index (χ4n) is 2.88. The zero-order valence-electron chi connectivity index (χ0n) is 14.0. The number of hydrogen-bond acceptors (Lipinski definition) is 2. The fraction of sp³-hybridized carbons (Fsp3) is 0.611. The van der Waals surface area contributed by atoms with Crippen molar-refractivity contribution in [2.24, 2.45) is 0 Å². The Morgan fingerprint density at radius 3 is 2.43 bits per heavy atom. The van der Waals surface area contributed by atoms with Crippen LogP contribution in [0.25, 0.3) is 0 Å². The molecule has 3 nitrogen and oxygen atoms in total. The van der Waals surface area contributed by atoms with Crippen LogP contribution in [0.5, 0.6) is 0 Å². The van der Waals surface area contributed by atoms with Crippen molar-refractivity contribution in [1.82, 2.24) is 0 Å². The molecule has 21 heavy (non-hydrogen) atoms. The molecule has 0 radical (unpaired) electrons. The summed E-state index contributed by atoms with van der Waals surface area (Å²) in [7, 11) is 0. The maximum Gasteiger partial charge on any atom is 0.252 e. The van der Waals surface area contributed by atoms with Gasteiger partial charge < -0.3 is 10.2 Å². The molecule has 0 aliphatic carbocycles. The Morgan fingerprint density at radius 1 is 1.10 bits per heavy atom. The lowest BCUT2D eigenvalue weighted by atomic mass is 9.95. The molecular formula is C18H28N2O. The Bertz CT molecular complexity index is 534. The van der Waals surface area contributed by atoms with Crippen LogP contribution in [0.1, 0.15) is 57.6 Å². The first-order valence-electron chi connectivity index (χ1n) is 8.08. The molecule has 1 heterocycles. The Morgan fingerprint density at radius 2 is 1.76 bits per heavy atom. The van der Waals surface area contributed by atoms with Gasteiger partial charge in [0.15, 0.2) is 0 Å². The van der Waals surface area contributed by atoms with Gasteiger partial charge in [0, 0.05) is 6.54 Å². The number of nitrogens with zero attached hydrogens (tertiary/aromatic N) is 1. The van der Waals surface area contributed by atoms with Gasteiger partial charge in [-0.15, -0.1) is 0 Å². The van der Waals surface area contributed by atoms with E-state index in [1.807, 2.05) is 18.7 Å². The average molecular weight is 288 g/mol. The highest BCUT2D eigenvalue weighted by Gasteiger charge is 2.38. The highest BCUT2D eigenvalue weighted by molar-refractivity contribution is 6.07. The van der Waals surface area contributed by atoms with Gasteiger partial charge in [-0.05, 0) is 57.4 Å². The molecule has 2 rings (SSSR count). The Labute approximate surface area is 128 Å². The number of rotatable bonds is 5. The topological polar surface area (TPSA) is 32.3 Å². The van der Waals surface area contributed by atoms with E-state index in [9.17, 15) is 4.79 Å². The molecule has 0 spiro atoms. The second-order valence-corrected chi connectivity index (χ2v) is 6.72. The van der Waals surface area contributed by atoms with Crippen LogP contribution in [0, 0.1) is 13.8 Å². The van der Waals surface area contributed by atoms with Crippen LogP contribution in [0.2, 0.25) is 0 Å². The largest absolute Gasteiger partial charge is 0.370 e. The molecule has 3 heteroatoms. The van der Waals surface area contributed by atoms with Crippen LogP contribution >= 0.6 is 0 Å². The van der Waals surface area contributed by atoms with Gasteiger partial charge in [0.25, 0.3) is 5.91 Å². The summed E-state index contributed by atoms with van der Waals surface area (Å²) in [5, 5.41) is 3.39. The van der Waals surface area contributed by atoms with Gasteiger partial charge in [-0.3, -0.25) is 4.79 Å². The Kier molecular flexibility index (Phi) is 4.60. The van der Waals surface area contributed by atoms with Gasteiger partial charge in [-0.2, -0.15) is 0 Å². The number of nitrogens with one attached hydrogen (secondary N) is 1. The minimum absolute atomic E-state index is 0.176. The van der Waals surface area contributed by atoms with E-state index in [4.69, 9.17) is 0 Å². The SMILES string of the molecule is CCCCCCN1C(=O)C(C)(C)Nc2cc(C)c(C)cc21. The van der Waals surface area contributed by atoms with E-state index in [-0.39, 0.29) is 5.91 Å². The van der Waals surface area contributed by atoms with Gasteiger partial charge in [0.05, 0.1) is 11.4 Å². The third-order valence-corrected chi connectivity index (χ3v) is 4.37. The van der Waals surface area contributed by atoms with Gasteiger partial charge in [-0.1, -0.05) is 26.2 Å². The lowest BCUT2D eigenvalue weighted by Gasteiger charge is -2.40. The molecule has 0 saturated heterocycles. The van der Waals surface area contributed by atoms with Crippen molar-refractivity contribution >= 4 is 17.3 Å². The smallest absolute Gasteiger partial charge is 0.252 e. The van der Waals surface area contributed by atoms with Crippen molar-refractivity contribution in [3.63, 3.8) is 0 Å². The predicted octanol–water partition coefficient (Wildman–Crippen LogP) is 4.42. The Balaban J connectivity index is 2.30. The summed E-state index contributed by atoms with van der Waals surface area (Å²) >= 11 is 0. The van der Waals surface area contributed by atoms with Crippen molar-refractivity contribution in [1.29, 1.82) is 0 Å². The van der Waals surface area contributed by atoms with Crippen LogP contribution < -0.4 is 10.2 Å². The van der Waals surface area contributed by atoms with E-state index < -0.39 is 5.54 Å². The molecule has 0 bridgehead atoms. The zero-order chi connectivity index (χ0) is 15.6. The number of unbranched alkanes of at least 4 members (excludes halogenated alkanes) is 3. The van der Waals surface area contributed by atoms with Gasteiger partial charge in [0.1, 0.15) is 5.54 Å². The summed E-state index contributed by atoms with van der Waals surface area (Å²) in [6.07, 6.45) is 4.72. The standard InChI is InChI=1S/C18H28N2O/c1-6-7-8-9-10-20-16-12-14(3)13(2)11-15(16)19-18(4,5)17(20)21/h11-12,19H,6-10H2,1-5H3. The first kappa shape index (κ1) is 15.9. The molecule has 1 N–H and O–H groups in total. The lowest BCUT2D eigenvalue weighted by molar-refractivity contribution is -0.122. The molecular weight excluding hydrogens is 260 g/mol. The molecule has 0 saturated carbocycles. The van der Waals surface area contributed by atoms with Crippen molar-refractivity contribution in [2.45, 2.75) is 65.8 Å². The molecule has 1 amide bonds. The number of benzene rings is 1. The quantitative estimate of drug-likeness (QED) is 0.813. The molecule has 0 aromatic heterocycles. The first-order chi connectivity index (χ1) is 9.86. The highest BCUT2D eigenvalue weighted by atomic mass is 16.2. The lowest BCUT2D eigenvalue weighted by Crippen LogP contribution is -2.54. The summed E-state index contributed by atoms with van der Waals surface area (Å²) in [4.78, 5) is 14.7. The molecule has 1 aliphatic heterocycles. The second kappa shape index (κ2) is 6.08. The maximum absolute atomic E-state index is 12.7. The average Bonchev–Trinajstić information content (AvgIpc) is 2.41. The Hall–Kier alpha value is -1.51. The van der Waals surface area contributed by atoms with E-state index >= 15 is 0 Å². The van der Waals surface area contributed by atoms with Crippen molar-refractivity contribution < 1.29 is 4.79 Å². The number of anilines is 2. The van der Waals surface area contributed by atoms with E-state index in [2.05, 4.69) is 38.2 Å². The predicted molar refractivity (Wildman–Crippen MR) is 90.1 cm³/mol. The monoisotopic (exact) mass is 288 g/mol. The van der Waals surface area contributed by atoms with Crippen LogP contribution in [0.15, 0.2) is 12.1 Å². The highest BCUT2D eigenvalue weighted by Crippen LogP contribution is 2.37. The summed E-state index contributed by atoms with van der Waals surface area (Å²) in [5.74, 6) is 0.176. The number of carbonyl (C=O) groups excluding carboxylic acids is 1. The van der Waals surface area contributed by atoms with Crippen molar-refractivity contribution in [2.75, 3.05) is 16.8 Å². The second-order valence-electron chi connectivity index (χ2n) is 6.72. The number of amides is 1.